The van der Waals surface area contributed by atoms with Crippen LogP contribution in [0.5, 0.6) is 0 Å². The number of rotatable bonds is 7. The molecule has 5 heteroatoms. The van der Waals surface area contributed by atoms with Crippen LogP contribution in [0.1, 0.15) is 45.2 Å². The highest BCUT2D eigenvalue weighted by molar-refractivity contribution is 5.67. The Morgan fingerprint density at radius 3 is 2.36 bits per heavy atom. The highest BCUT2D eigenvalue weighted by Gasteiger charge is 2.17. The molecule has 0 saturated heterocycles. The molecule has 0 aliphatic heterocycles. The summed E-state index contributed by atoms with van der Waals surface area (Å²) >= 11 is 0. The molecule has 0 aliphatic rings. The van der Waals surface area contributed by atoms with Gasteiger partial charge in [-0.2, -0.15) is 0 Å². The Morgan fingerprint density at radius 2 is 1.82 bits per heavy atom. The highest BCUT2D eigenvalue weighted by Crippen LogP contribution is 2.07. The molecule has 124 valence electrons. The number of hydrogen-bond acceptors (Lipinski definition) is 4. The van der Waals surface area contributed by atoms with Crippen LogP contribution in [-0.2, 0) is 17.9 Å². The quantitative estimate of drug-likeness (QED) is 0.677. The fraction of sp³-hybridized carbons (Fsp3) is 0.588. The predicted octanol–water partition coefficient (Wildman–Crippen LogP) is 2.57. The number of hydrogen-bond donors (Lipinski definition) is 3. The van der Waals surface area contributed by atoms with Crippen molar-refractivity contribution in [2.24, 2.45) is 0 Å². The molecular weight excluding hydrogens is 280 g/mol. The molecule has 0 aromatic heterocycles. The zero-order chi connectivity index (χ0) is 16.6. The van der Waals surface area contributed by atoms with Crippen molar-refractivity contribution in [3.63, 3.8) is 0 Å². The molecule has 1 amide bonds. The van der Waals surface area contributed by atoms with Crippen LogP contribution in [0, 0.1) is 0 Å². The Morgan fingerprint density at radius 1 is 1.23 bits per heavy atom. The van der Waals surface area contributed by atoms with E-state index in [1.54, 1.807) is 0 Å². The van der Waals surface area contributed by atoms with E-state index in [-0.39, 0.29) is 18.7 Å². The summed E-state index contributed by atoms with van der Waals surface area (Å²) in [5.74, 6) is 0. The standard InChI is InChI=1S/C17H28N2O3/c1-13(19-16(21)22-17(2,3)4)9-10-18-11-14-5-7-15(12-20)8-6-14/h5-8,13,18,20H,9-12H2,1-4H3,(H,19,21)/t13-/m1/s1. The molecule has 0 unspecified atom stereocenters. The van der Waals surface area contributed by atoms with Crippen LogP contribution in [0.15, 0.2) is 24.3 Å². The van der Waals surface area contributed by atoms with Crippen LogP contribution < -0.4 is 10.6 Å². The third-order valence-electron chi connectivity index (χ3n) is 3.05. The zero-order valence-electron chi connectivity index (χ0n) is 14.0. The first-order valence-corrected chi connectivity index (χ1v) is 7.69. The highest BCUT2D eigenvalue weighted by atomic mass is 16.6. The van der Waals surface area contributed by atoms with E-state index in [9.17, 15) is 4.79 Å². The molecule has 1 atom stereocenters. The molecule has 22 heavy (non-hydrogen) atoms. The molecule has 0 radical (unpaired) electrons. The molecule has 0 heterocycles. The van der Waals surface area contributed by atoms with Gasteiger partial charge in [-0.25, -0.2) is 4.79 Å². The number of ether oxygens (including phenoxy) is 1. The van der Waals surface area contributed by atoms with Crippen molar-refractivity contribution in [2.75, 3.05) is 6.54 Å². The number of aliphatic hydroxyl groups is 1. The van der Waals surface area contributed by atoms with Gasteiger partial charge in [0.25, 0.3) is 0 Å². The van der Waals surface area contributed by atoms with E-state index in [2.05, 4.69) is 10.6 Å². The molecule has 0 saturated carbocycles. The minimum atomic E-state index is -0.469. The normalized spacial score (nSPS) is 12.8. The van der Waals surface area contributed by atoms with Gasteiger partial charge < -0.3 is 20.5 Å². The van der Waals surface area contributed by atoms with Gasteiger partial charge in [-0.05, 0) is 51.8 Å². The Bertz CT molecular complexity index is 452. The van der Waals surface area contributed by atoms with E-state index in [0.717, 1.165) is 25.1 Å². The van der Waals surface area contributed by atoms with Gasteiger partial charge >= 0.3 is 6.09 Å². The van der Waals surface area contributed by atoms with Gasteiger partial charge in [-0.1, -0.05) is 24.3 Å². The number of amides is 1. The molecule has 1 aromatic carbocycles. The zero-order valence-corrected chi connectivity index (χ0v) is 14.0. The fourth-order valence-electron chi connectivity index (χ4n) is 1.89. The molecular formula is C17H28N2O3. The second-order valence-electron chi connectivity index (χ2n) is 6.49. The molecule has 1 aromatic rings. The van der Waals surface area contributed by atoms with Gasteiger partial charge in [0, 0.05) is 12.6 Å². The molecule has 1 rings (SSSR count). The summed E-state index contributed by atoms with van der Waals surface area (Å²) in [6, 6.07) is 7.90. The molecule has 0 aliphatic carbocycles. The maximum Gasteiger partial charge on any atom is 0.407 e. The second-order valence-corrected chi connectivity index (χ2v) is 6.49. The summed E-state index contributed by atoms with van der Waals surface area (Å²) < 4.78 is 5.21. The van der Waals surface area contributed by atoms with Crippen LogP contribution in [0.25, 0.3) is 0 Å². The van der Waals surface area contributed by atoms with Crippen LogP contribution in [0.4, 0.5) is 4.79 Å². The van der Waals surface area contributed by atoms with Crippen LogP contribution in [0.3, 0.4) is 0 Å². The van der Waals surface area contributed by atoms with Crippen molar-refractivity contribution in [3.05, 3.63) is 35.4 Å². The summed E-state index contributed by atoms with van der Waals surface area (Å²) in [6.07, 6.45) is 0.452. The van der Waals surface area contributed by atoms with Crippen LogP contribution in [0.2, 0.25) is 0 Å². The van der Waals surface area contributed by atoms with Gasteiger partial charge in [0.1, 0.15) is 5.60 Å². The van der Waals surface area contributed by atoms with E-state index in [1.165, 1.54) is 5.56 Å². The molecule has 5 nitrogen and oxygen atoms in total. The lowest BCUT2D eigenvalue weighted by Gasteiger charge is -2.22. The van der Waals surface area contributed by atoms with Crippen molar-refractivity contribution < 1.29 is 14.6 Å². The molecule has 0 fully saturated rings. The summed E-state index contributed by atoms with van der Waals surface area (Å²) in [5.41, 5.74) is 1.62. The van der Waals surface area contributed by atoms with Crippen molar-refractivity contribution in [1.29, 1.82) is 0 Å². The van der Waals surface area contributed by atoms with E-state index < -0.39 is 5.60 Å². The van der Waals surface area contributed by atoms with Crippen molar-refractivity contribution in [1.82, 2.24) is 10.6 Å². The Labute approximate surface area is 133 Å². The predicted molar refractivity (Wildman–Crippen MR) is 87.5 cm³/mol. The average molecular weight is 308 g/mol. The first kappa shape index (κ1) is 18.5. The Kier molecular flexibility index (Phi) is 7.35. The van der Waals surface area contributed by atoms with E-state index >= 15 is 0 Å². The third kappa shape index (κ3) is 8.00. The Balaban J connectivity index is 2.19. The van der Waals surface area contributed by atoms with Gasteiger partial charge in [-0.3, -0.25) is 0 Å². The number of benzene rings is 1. The van der Waals surface area contributed by atoms with Crippen LogP contribution >= 0.6 is 0 Å². The molecule has 0 bridgehead atoms. The number of nitrogens with one attached hydrogen (secondary N) is 2. The largest absolute Gasteiger partial charge is 0.444 e. The lowest BCUT2D eigenvalue weighted by atomic mass is 10.1. The average Bonchev–Trinajstić information content (AvgIpc) is 2.42. The summed E-state index contributed by atoms with van der Waals surface area (Å²) in [7, 11) is 0. The summed E-state index contributed by atoms with van der Waals surface area (Å²) in [6.45, 7) is 9.15. The lowest BCUT2D eigenvalue weighted by Crippen LogP contribution is -2.38. The number of carbonyl (C=O) groups is 1. The minimum Gasteiger partial charge on any atom is -0.444 e. The monoisotopic (exact) mass is 308 g/mol. The Hall–Kier alpha value is -1.59. The van der Waals surface area contributed by atoms with Crippen molar-refractivity contribution >= 4 is 6.09 Å². The molecule has 0 spiro atoms. The topological polar surface area (TPSA) is 70.6 Å². The summed E-state index contributed by atoms with van der Waals surface area (Å²) in [4.78, 5) is 11.6. The first-order chi connectivity index (χ1) is 10.3. The van der Waals surface area contributed by atoms with Gasteiger partial charge in [-0.15, -0.1) is 0 Å². The summed E-state index contributed by atoms with van der Waals surface area (Å²) in [5, 5.41) is 15.1. The smallest absolute Gasteiger partial charge is 0.407 e. The SMILES string of the molecule is C[C@H](CCNCc1ccc(CO)cc1)NC(=O)OC(C)(C)C. The van der Waals surface area contributed by atoms with E-state index in [1.807, 2.05) is 52.0 Å². The van der Waals surface area contributed by atoms with E-state index in [0.29, 0.717) is 0 Å². The van der Waals surface area contributed by atoms with Crippen LogP contribution in [-0.4, -0.2) is 29.4 Å². The van der Waals surface area contributed by atoms with Gasteiger partial charge in [0.2, 0.25) is 0 Å². The van der Waals surface area contributed by atoms with Crippen molar-refractivity contribution in [3.8, 4) is 0 Å². The maximum atomic E-state index is 11.6. The number of carbonyl (C=O) groups excluding carboxylic acids is 1. The minimum absolute atomic E-state index is 0.0547. The first-order valence-electron chi connectivity index (χ1n) is 7.69. The van der Waals surface area contributed by atoms with Gasteiger partial charge in [0.05, 0.1) is 6.61 Å². The fourth-order valence-corrected chi connectivity index (χ4v) is 1.89. The maximum absolute atomic E-state index is 11.6. The molecule has 3 N–H and O–H groups in total. The number of alkyl carbamates (subject to hydrolysis) is 1. The second kappa shape index (κ2) is 8.76. The third-order valence-corrected chi connectivity index (χ3v) is 3.05. The van der Waals surface area contributed by atoms with Gasteiger partial charge in [0.15, 0.2) is 0 Å². The van der Waals surface area contributed by atoms with E-state index in [4.69, 9.17) is 9.84 Å². The lowest BCUT2D eigenvalue weighted by molar-refractivity contribution is 0.0506. The number of aliphatic hydroxyl groups excluding tert-OH is 1. The van der Waals surface area contributed by atoms with Crippen molar-refractivity contribution in [2.45, 2.75) is 58.9 Å².